The molecule has 108 valence electrons. The maximum absolute atomic E-state index is 12.9. The molecule has 1 aliphatic carbocycles. The van der Waals surface area contributed by atoms with E-state index in [9.17, 15) is 18.4 Å². The third kappa shape index (κ3) is 3.26. The Kier molecular flexibility index (Phi) is 4.28. The topological polar surface area (TPSA) is 35.8 Å². The molecule has 1 fully saturated rings. The number of benzene rings is 1. The van der Waals surface area contributed by atoms with E-state index in [2.05, 4.69) is 27.3 Å². The smallest absolute Gasteiger partial charge is 0.366 e. The number of anilines is 1. The number of hydrogen-bond donors (Lipinski definition) is 1. The van der Waals surface area contributed by atoms with Crippen molar-refractivity contribution < 1.29 is 13.2 Å². The lowest BCUT2D eigenvalue weighted by atomic mass is 9.76. The van der Waals surface area contributed by atoms with Crippen molar-refractivity contribution in [3.8, 4) is 6.07 Å². The largest absolute Gasteiger partial charge is 0.391 e. The van der Waals surface area contributed by atoms with Gasteiger partial charge in [-0.05, 0) is 53.7 Å². The van der Waals surface area contributed by atoms with Gasteiger partial charge in [0.1, 0.15) is 5.54 Å². The molecule has 0 bridgehead atoms. The Bertz CT molecular complexity index is 524. The summed E-state index contributed by atoms with van der Waals surface area (Å²) in [4.78, 5) is 0. The van der Waals surface area contributed by atoms with E-state index in [-0.39, 0.29) is 12.8 Å². The SMILES string of the molecule is N#CC1(Nc2ccccc2Br)CCCC(C(F)(F)F)C1. The van der Waals surface area contributed by atoms with Gasteiger partial charge in [0.15, 0.2) is 0 Å². The number of rotatable bonds is 2. The summed E-state index contributed by atoms with van der Waals surface area (Å²) in [5, 5.41) is 12.4. The third-order valence-electron chi connectivity index (χ3n) is 3.68. The second-order valence-corrected chi connectivity index (χ2v) is 5.99. The number of halogens is 4. The predicted octanol–water partition coefficient (Wildman–Crippen LogP) is 4.88. The van der Waals surface area contributed by atoms with Crippen LogP contribution in [-0.2, 0) is 0 Å². The summed E-state index contributed by atoms with van der Waals surface area (Å²) >= 11 is 3.34. The summed E-state index contributed by atoms with van der Waals surface area (Å²) in [7, 11) is 0. The van der Waals surface area contributed by atoms with Crippen molar-refractivity contribution >= 4 is 21.6 Å². The first-order chi connectivity index (χ1) is 9.36. The molecule has 0 aromatic heterocycles. The lowest BCUT2D eigenvalue weighted by molar-refractivity contribution is -0.184. The molecule has 2 atom stereocenters. The summed E-state index contributed by atoms with van der Waals surface area (Å²) in [6.07, 6.45) is -3.51. The zero-order chi connectivity index (χ0) is 14.8. The van der Waals surface area contributed by atoms with E-state index in [1.54, 1.807) is 18.2 Å². The van der Waals surface area contributed by atoms with Gasteiger partial charge in [-0.25, -0.2) is 0 Å². The van der Waals surface area contributed by atoms with E-state index in [1.165, 1.54) is 0 Å². The van der Waals surface area contributed by atoms with Gasteiger partial charge >= 0.3 is 6.18 Å². The molecule has 20 heavy (non-hydrogen) atoms. The van der Waals surface area contributed by atoms with Crippen molar-refractivity contribution in [2.75, 3.05) is 5.32 Å². The predicted molar refractivity (Wildman–Crippen MR) is 74.1 cm³/mol. The molecule has 0 aliphatic heterocycles. The van der Waals surface area contributed by atoms with Crippen molar-refractivity contribution in [2.45, 2.75) is 37.4 Å². The molecular formula is C14H14BrF3N2. The van der Waals surface area contributed by atoms with Crippen LogP contribution in [0.1, 0.15) is 25.7 Å². The summed E-state index contributed by atoms with van der Waals surface area (Å²) in [6, 6.07) is 9.20. The molecule has 1 saturated carbocycles. The molecule has 1 aliphatic rings. The van der Waals surface area contributed by atoms with Crippen LogP contribution >= 0.6 is 15.9 Å². The minimum atomic E-state index is -4.24. The number of nitrogens with zero attached hydrogens (tertiary/aromatic N) is 1. The van der Waals surface area contributed by atoms with Crippen LogP contribution < -0.4 is 5.32 Å². The first-order valence-corrected chi connectivity index (χ1v) is 7.16. The minimum Gasteiger partial charge on any atom is -0.366 e. The molecule has 2 unspecified atom stereocenters. The van der Waals surface area contributed by atoms with Gasteiger partial charge in [-0.2, -0.15) is 18.4 Å². The molecule has 0 spiro atoms. The second kappa shape index (κ2) is 5.65. The molecule has 0 saturated heterocycles. The summed E-state index contributed by atoms with van der Waals surface area (Å²) in [5.41, 5.74) is -0.501. The van der Waals surface area contributed by atoms with E-state index < -0.39 is 17.6 Å². The molecule has 1 aromatic carbocycles. The van der Waals surface area contributed by atoms with E-state index in [1.807, 2.05) is 6.07 Å². The Morgan fingerprint density at radius 2 is 2.05 bits per heavy atom. The monoisotopic (exact) mass is 346 g/mol. The van der Waals surface area contributed by atoms with Crippen LogP contribution in [0.5, 0.6) is 0 Å². The van der Waals surface area contributed by atoms with Gasteiger partial charge < -0.3 is 5.32 Å². The average molecular weight is 347 g/mol. The van der Waals surface area contributed by atoms with Gasteiger partial charge in [-0.3, -0.25) is 0 Å². The molecule has 0 radical (unpaired) electrons. The van der Waals surface area contributed by atoms with Crippen LogP contribution in [0, 0.1) is 17.2 Å². The molecule has 1 N–H and O–H groups in total. The highest BCUT2D eigenvalue weighted by Crippen LogP contribution is 2.43. The summed E-state index contributed by atoms with van der Waals surface area (Å²) in [6.45, 7) is 0. The number of nitrogens with one attached hydrogen (secondary N) is 1. The van der Waals surface area contributed by atoms with Gasteiger partial charge in [-0.15, -0.1) is 0 Å². The van der Waals surface area contributed by atoms with E-state index in [0.717, 1.165) is 4.47 Å². The minimum absolute atomic E-state index is 0.102. The van der Waals surface area contributed by atoms with Crippen molar-refractivity contribution in [3.05, 3.63) is 28.7 Å². The zero-order valence-corrected chi connectivity index (χ0v) is 12.3. The fourth-order valence-electron chi connectivity index (χ4n) is 2.62. The Morgan fingerprint density at radius 1 is 1.35 bits per heavy atom. The van der Waals surface area contributed by atoms with Gasteiger partial charge in [0.05, 0.1) is 12.0 Å². The number of alkyl halides is 3. The number of para-hydroxylation sites is 1. The summed E-state index contributed by atoms with van der Waals surface area (Å²) < 4.78 is 39.4. The summed E-state index contributed by atoms with van der Waals surface area (Å²) in [5.74, 6) is -1.41. The Labute approximate surface area is 124 Å². The molecule has 6 heteroatoms. The Balaban J connectivity index is 2.22. The molecular weight excluding hydrogens is 333 g/mol. The average Bonchev–Trinajstić information content (AvgIpc) is 2.41. The van der Waals surface area contributed by atoms with Gasteiger partial charge in [0.2, 0.25) is 0 Å². The van der Waals surface area contributed by atoms with E-state index >= 15 is 0 Å². The van der Waals surface area contributed by atoms with E-state index in [0.29, 0.717) is 18.5 Å². The molecule has 1 aromatic rings. The maximum atomic E-state index is 12.9. The van der Waals surface area contributed by atoms with Crippen molar-refractivity contribution in [3.63, 3.8) is 0 Å². The van der Waals surface area contributed by atoms with Crippen LogP contribution in [0.15, 0.2) is 28.7 Å². The van der Waals surface area contributed by atoms with Gasteiger partial charge in [-0.1, -0.05) is 12.1 Å². The first kappa shape index (κ1) is 15.2. The quantitative estimate of drug-likeness (QED) is 0.828. The Hall–Kier alpha value is -1.22. The van der Waals surface area contributed by atoms with Crippen molar-refractivity contribution in [1.82, 2.24) is 0 Å². The standard InChI is InChI=1S/C14H14BrF3N2/c15-11-5-1-2-6-12(11)20-13(9-19)7-3-4-10(8-13)14(16,17)18/h1-2,5-6,10,20H,3-4,7-8H2. The highest BCUT2D eigenvalue weighted by molar-refractivity contribution is 9.10. The van der Waals surface area contributed by atoms with Crippen LogP contribution in [0.4, 0.5) is 18.9 Å². The zero-order valence-electron chi connectivity index (χ0n) is 10.7. The normalized spacial score (nSPS) is 26.9. The fourth-order valence-corrected chi connectivity index (χ4v) is 3.00. The molecule has 0 heterocycles. The lowest BCUT2D eigenvalue weighted by Gasteiger charge is -2.38. The third-order valence-corrected chi connectivity index (χ3v) is 4.37. The number of nitriles is 1. The highest BCUT2D eigenvalue weighted by Gasteiger charge is 2.48. The van der Waals surface area contributed by atoms with Crippen molar-refractivity contribution in [1.29, 1.82) is 5.26 Å². The first-order valence-electron chi connectivity index (χ1n) is 6.37. The van der Waals surface area contributed by atoms with Crippen LogP contribution in [0.3, 0.4) is 0 Å². The highest BCUT2D eigenvalue weighted by atomic mass is 79.9. The van der Waals surface area contributed by atoms with Crippen LogP contribution in [-0.4, -0.2) is 11.7 Å². The van der Waals surface area contributed by atoms with Crippen molar-refractivity contribution in [2.24, 2.45) is 5.92 Å². The molecule has 2 nitrogen and oxygen atoms in total. The van der Waals surface area contributed by atoms with Crippen LogP contribution in [0.2, 0.25) is 0 Å². The lowest BCUT2D eigenvalue weighted by Crippen LogP contribution is -2.45. The number of hydrogen-bond acceptors (Lipinski definition) is 2. The second-order valence-electron chi connectivity index (χ2n) is 5.13. The van der Waals surface area contributed by atoms with Gasteiger partial charge in [0.25, 0.3) is 0 Å². The van der Waals surface area contributed by atoms with Crippen LogP contribution in [0.25, 0.3) is 0 Å². The Morgan fingerprint density at radius 3 is 2.65 bits per heavy atom. The fraction of sp³-hybridized carbons (Fsp3) is 0.500. The molecule has 0 amide bonds. The van der Waals surface area contributed by atoms with E-state index in [4.69, 9.17) is 0 Å². The molecule has 2 rings (SSSR count). The van der Waals surface area contributed by atoms with Gasteiger partial charge in [0, 0.05) is 10.2 Å². The maximum Gasteiger partial charge on any atom is 0.391 e.